The third kappa shape index (κ3) is 3.61. The lowest BCUT2D eigenvalue weighted by Crippen LogP contribution is -2.22. The number of nitrogens with one attached hydrogen (secondary N) is 1. The van der Waals surface area contributed by atoms with E-state index in [1.807, 2.05) is 13.0 Å². The molecular formula is C15H22N4S. The summed E-state index contributed by atoms with van der Waals surface area (Å²) in [6.07, 6.45) is 1.79. The summed E-state index contributed by atoms with van der Waals surface area (Å²) < 4.78 is 0. The normalized spacial score (nSPS) is 11.6. The molecule has 4 nitrogen and oxygen atoms in total. The van der Waals surface area contributed by atoms with Crippen molar-refractivity contribution in [1.29, 1.82) is 0 Å². The molecule has 0 radical (unpaired) electrons. The van der Waals surface area contributed by atoms with Crippen molar-refractivity contribution in [1.82, 2.24) is 20.3 Å². The monoisotopic (exact) mass is 290 g/mol. The molecule has 0 aliphatic rings. The van der Waals surface area contributed by atoms with Crippen LogP contribution in [-0.4, -0.2) is 21.0 Å². The molecule has 1 N–H and O–H groups in total. The van der Waals surface area contributed by atoms with Gasteiger partial charge in [0.2, 0.25) is 0 Å². The Morgan fingerprint density at radius 1 is 1.20 bits per heavy atom. The van der Waals surface area contributed by atoms with Gasteiger partial charge in [0.25, 0.3) is 0 Å². The average Bonchev–Trinajstić information content (AvgIpc) is 2.80. The van der Waals surface area contributed by atoms with Gasteiger partial charge in [-0.3, -0.25) is 0 Å². The van der Waals surface area contributed by atoms with E-state index < -0.39 is 0 Å². The summed E-state index contributed by atoms with van der Waals surface area (Å²) in [5.41, 5.74) is 2.09. The fraction of sp³-hybridized carbons (Fsp3) is 0.533. The predicted molar refractivity (Wildman–Crippen MR) is 83.9 cm³/mol. The van der Waals surface area contributed by atoms with Crippen LogP contribution in [0.5, 0.6) is 0 Å². The summed E-state index contributed by atoms with van der Waals surface area (Å²) in [4.78, 5) is 14.7. The molecule has 0 unspecified atom stereocenters. The summed E-state index contributed by atoms with van der Waals surface area (Å²) in [7, 11) is 0. The lowest BCUT2D eigenvalue weighted by Gasteiger charge is -2.09. The molecule has 2 heterocycles. The lowest BCUT2D eigenvalue weighted by molar-refractivity contribution is 0.588. The zero-order chi connectivity index (χ0) is 14.7. The molecule has 0 aliphatic heterocycles. The van der Waals surface area contributed by atoms with E-state index in [4.69, 9.17) is 4.98 Å². The van der Waals surface area contributed by atoms with Crippen molar-refractivity contribution in [3.63, 3.8) is 0 Å². The molecule has 2 aromatic heterocycles. The van der Waals surface area contributed by atoms with Gasteiger partial charge in [-0.15, -0.1) is 11.3 Å². The second-order valence-corrected chi connectivity index (χ2v) is 6.59. The minimum absolute atomic E-state index is 0.423. The Labute approximate surface area is 124 Å². The van der Waals surface area contributed by atoms with Gasteiger partial charge in [0, 0.05) is 23.7 Å². The molecule has 20 heavy (non-hydrogen) atoms. The Morgan fingerprint density at radius 2 is 1.95 bits per heavy atom. The van der Waals surface area contributed by atoms with Gasteiger partial charge in [-0.1, -0.05) is 27.7 Å². The maximum absolute atomic E-state index is 4.79. The van der Waals surface area contributed by atoms with Gasteiger partial charge in [0.05, 0.1) is 5.69 Å². The van der Waals surface area contributed by atoms with Gasteiger partial charge in [-0.2, -0.15) is 0 Å². The van der Waals surface area contributed by atoms with E-state index in [1.54, 1.807) is 17.5 Å². The first-order chi connectivity index (χ1) is 9.47. The van der Waals surface area contributed by atoms with E-state index in [0.29, 0.717) is 12.0 Å². The zero-order valence-corrected chi connectivity index (χ0v) is 13.6. The van der Waals surface area contributed by atoms with Gasteiger partial charge in [0.15, 0.2) is 0 Å². The number of nitrogens with zero attached hydrogens (tertiary/aromatic N) is 3. The molecule has 0 saturated carbocycles. The van der Waals surface area contributed by atoms with Crippen molar-refractivity contribution >= 4 is 11.3 Å². The molecule has 5 heteroatoms. The maximum Gasteiger partial charge on any atom is 0.142 e. The van der Waals surface area contributed by atoms with E-state index in [2.05, 4.69) is 43.0 Å². The molecule has 0 bridgehead atoms. The van der Waals surface area contributed by atoms with Gasteiger partial charge in [-0.25, -0.2) is 15.0 Å². The summed E-state index contributed by atoms with van der Waals surface area (Å²) in [5, 5.41) is 4.46. The van der Waals surface area contributed by atoms with Crippen LogP contribution in [0.25, 0.3) is 10.7 Å². The van der Waals surface area contributed by atoms with Crippen molar-refractivity contribution in [3.8, 4) is 10.7 Å². The van der Waals surface area contributed by atoms with Crippen molar-refractivity contribution in [2.45, 2.75) is 53.1 Å². The highest BCUT2D eigenvalue weighted by Crippen LogP contribution is 2.30. The van der Waals surface area contributed by atoms with Crippen LogP contribution in [0.1, 0.15) is 50.0 Å². The van der Waals surface area contributed by atoms with Crippen LogP contribution < -0.4 is 5.32 Å². The summed E-state index contributed by atoms with van der Waals surface area (Å²) in [5.74, 6) is 1.21. The second-order valence-electron chi connectivity index (χ2n) is 5.51. The van der Waals surface area contributed by atoms with Crippen molar-refractivity contribution in [3.05, 3.63) is 28.7 Å². The van der Waals surface area contributed by atoms with E-state index in [-0.39, 0.29) is 0 Å². The zero-order valence-electron chi connectivity index (χ0n) is 12.8. The molecule has 0 amide bonds. The van der Waals surface area contributed by atoms with Crippen molar-refractivity contribution in [2.75, 3.05) is 0 Å². The molecule has 2 aromatic rings. The minimum atomic E-state index is 0.423. The van der Waals surface area contributed by atoms with Crippen LogP contribution in [0, 0.1) is 6.92 Å². The molecular weight excluding hydrogens is 268 g/mol. The summed E-state index contributed by atoms with van der Waals surface area (Å²) in [6.45, 7) is 11.5. The van der Waals surface area contributed by atoms with Gasteiger partial charge in [0.1, 0.15) is 16.5 Å². The first-order valence-electron chi connectivity index (χ1n) is 7.00. The van der Waals surface area contributed by atoms with Crippen LogP contribution in [0.2, 0.25) is 0 Å². The Kier molecular flexibility index (Phi) is 4.83. The number of aromatic nitrogens is 3. The van der Waals surface area contributed by atoms with Crippen molar-refractivity contribution in [2.24, 2.45) is 0 Å². The fourth-order valence-corrected chi connectivity index (χ4v) is 3.06. The Bertz CT molecular complexity index is 575. The molecule has 0 spiro atoms. The highest BCUT2D eigenvalue weighted by Gasteiger charge is 2.16. The smallest absolute Gasteiger partial charge is 0.142 e. The Balaban J connectivity index is 2.33. The molecule has 0 fully saturated rings. The average molecular weight is 290 g/mol. The molecule has 0 aliphatic carbocycles. The molecule has 108 valence electrons. The Morgan fingerprint density at radius 3 is 2.55 bits per heavy atom. The topological polar surface area (TPSA) is 50.7 Å². The molecule has 2 rings (SSSR count). The van der Waals surface area contributed by atoms with Gasteiger partial charge in [-0.05, 0) is 18.9 Å². The molecule has 0 aromatic carbocycles. The standard InChI is InChI=1S/C15H22N4S/c1-9(2)14-13(8-17-10(3)4)20-15(19-14)12-6-7-16-11(5)18-12/h6-7,9-10,17H,8H2,1-5H3. The SMILES string of the molecule is Cc1nccc(-c2nc(C(C)C)c(CNC(C)C)s2)n1. The van der Waals surface area contributed by atoms with Gasteiger partial charge >= 0.3 is 0 Å². The van der Waals surface area contributed by atoms with Crippen LogP contribution in [0.4, 0.5) is 0 Å². The van der Waals surface area contributed by atoms with Crippen LogP contribution in [0.15, 0.2) is 12.3 Å². The van der Waals surface area contributed by atoms with Gasteiger partial charge < -0.3 is 5.32 Å². The molecule has 0 saturated heterocycles. The first-order valence-corrected chi connectivity index (χ1v) is 7.82. The largest absolute Gasteiger partial charge is 0.310 e. The summed E-state index contributed by atoms with van der Waals surface area (Å²) >= 11 is 1.73. The number of thiazole rings is 1. The number of hydrogen-bond donors (Lipinski definition) is 1. The van der Waals surface area contributed by atoms with E-state index in [9.17, 15) is 0 Å². The predicted octanol–water partition coefficient (Wildman–Crippen LogP) is 3.53. The fourth-order valence-electron chi connectivity index (χ4n) is 1.92. The third-order valence-corrected chi connectivity index (χ3v) is 4.03. The van der Waals surface area contributed by atoms with Crippen molar-refractivity contribution < 1.29 is 0 Å². The van der Waals surface area contributed by atoms with E-state index in [0.717, 1.165) is 23.1 Å². The van der Waals surface area contributed by atoms with Crippen LogP contribution >= 0.6 is 11.3 Å². The summed E-state index contributed by atoms with van der Waals surface area (Å²) in [6, 6.07) is 2.40. The van der Waals surface area contributed by atoms with Crippen LogP contribution in [0.3, 0.4) is 0 Å². The Hall–Kier alpha value is -1.33. The highest BCUT2D eigenvalue weighted by molar-refractivity contribution is 7.15. The maximum atomic E-state index is 4.79. The van der Waals surface area contributed by atoms with E-state index in [1.165, 1.54) is 10.6 Å². The highest BCUT2D eigenvalue weighted by atomic mass is 32.1. The number of aryl methyl sites for hydroxylation is 1. The quantitative estimate of drug-likeness (QED) is 0.915. The minimum Gasteiger partial charge on any atom is -0.310 e. The third-order valence-electron chi connectivity index (χ3n) is 2.94. The molecule has 0 atom stereocenters. The van der Waals surface area contributed by atoms with Crippen LogP contribution in [-0.2, 0) is 6.54 Å². The number of rotatable bonds is 5. The second kappa shape index (κ2) is 6.41. The first kappa shape index (κ1) is 15.1. The number of hydrogen-bond acceptors (Lipinski definition) is 5. The lowest BCUT2D eigenvalue weighted by atomic mass is 10.1. The van der Waals surface area contributed by atoms with E-state index >= 15 is 0 Å².